The van der Waals surface area contributed by atoms with E-state index in [4.69, 9.17) is 11.6 Å². The molecule has 0 radical (unpaired) electrons. The van der Waals surface area contributed by atoms with E-state index in [1.165, 1.54) is 6.07 Å². The molecule has 23 heavy (non-hydrogen) atoms. The van der Waals surface area contributed by atoms with Crippen LogP contribution < -0.4 is 5.32 Å². The maximum atomic E-state index is 11.1. The third-order valence-corrected chi connectivity index (χ3v) is 4.17. The molecule has 0 saturated carbocycles. The highest BCUT2D eigenvalue weighted by Crippen LogP contribution is 2.42. The van der Waals surface area contributed by atoms with Crippen molar-refractivity contribution in [3.05, 3.63) is 38.9 Å². The molecular weight excluding hydrogens is 361 g/mol. The van der Waals surface area contributed by atoms with E-state index >= 15 is 0 Å². The average molecular weight is 385 g/mol. The number of hydrogen-bond donors (Lipinski definition) is 1. The van der Waals surface area contributed by atoms with Crippen molar-refractivity contribution in [2.24, 2.45) is 5.41 Å². The number of nitro groups is 1. The Morgan fingerprint density at radius 3 is 2.30 bits per heavy atom. The highest BCUT2D eigenvalue weighted by molar-refractivity contribution is 6.31. The van der Waals surface area contributed by atoms with E-state index in [2.05, 4.69) is 31.0 Å². The molecule has 8 heteroatoms. The summed E-state index contributed by atoms with van der Waals surface area (Å²) in [5.74, 6) is 0. The summed E-state index contributed by atoms with van der Waals surface area (Å²) in [6, 6.07) is 4.78. The number of rotatable bonds is 3. The number of halogens is 3. The molecule has 1 fully saturated rings. The lowest BCUT2D eigenvalue weighted by Gasteiger charge is -2.42. The molecule has 2 rings (SSSR count). The zero-order chi connectivity index (χ0) is 15.6. The van der Waals surface area contributed by atoms with Crippen LogP contribution in [0, 0.1) is 15.5 Å². The van der Waals surface area contributed by atoms with Crippen molar-refractivity contribution in [3.63, 3.8) is 0 Å². The fourth-order valence-electron chi connectivity index (χ4n) is 3.01. The predicted octanol–water partition coefficient (Wildman–Crippen LogP) is 4.08. The van der Waals surface area contributed by atoms with E-state index in [9.17, 15) is 10.1 Å². The average Bonchev–Trinajstić information content (AvgIpc) is 2.40. The molecule has 0 unspecified atom stereocenters. The van der Waals surface area contributed by atoms with Crippen LogP contribution in [0.4, 0.5) is 5.69 Å². The first-order valence-corrected chi connectivity index (χ1v) is 7.57. The molecule has 1 N–H and O–H groups in total. The number of hydrogen-bond acceptors (Lipinski definition) is 4. The lowest BCUT2D eigenvalue weighted by Crippen LogP contribution is -2.48. The Kier molecular flexibility index (Phi) is 8.81. The topological polar surface area (TPSA) is 58.4 Å². The molecule has 0 spiro atoms. The normalized spacial score (nSPS) is 16.9. The molecule has 5 nitrogen and oxygen atoms in total. The number of nitro benzene ring substituents is 1. The Morgan fingerprint density at radius 1 is 1.26 bits per heavy atom. The van der Waals surface area contributed by atoms with E-state index in [0.717, 1.165) is 31.7 Å². The van der Waals surface area contributed by atoms with Crippen molar-refractivity contribution >= 4 is 42.1 Å². The van der Waals surface area contributed by atoms with Crippen molar-refractivity contribution < 1.29 is 4.92 Å². The molecule has 132 valence electrons. The highest BCUT2D eigenvalue weighted by atomic mass is 35.5. The lowest BCUT2D eigenvalue weighted by atomic mass is 9.80. The van der Waals surface area contributed by atoms with Gasteiger partial charge in [-0.1, -0.05) is 32.4 Å². The molecule has 0 amide bonds. The van der Waals surface area contributed by atoms with Crippen LogP contribution in [0.3, 0.4) is 0 Å². The Morgan fingerprint density at radius 2 is 1.83 bits per heavy atom. The van der Waals surface area contributed by atoms with Crippen molar-refractivity contribution in [2.75, 3.05) is 26.2 Å². The van der Waals surface area contributed by atoms with Gasteiger partial charge in [-0.25, -0.2) is 0 Å². The number of non-ortho nitro benzene ring substituents is 1. The zero-order valence-electron chi connectivity index (χ0n) is 13.5. The molecular formula is C15H24Cl3N3O2. The Labute approximate surface area is 154 Å². The van der Waals surface area contributed by atoms with Gasteiger partial charge in [-0.2, -0.15) is 0 Å². The maximum absolute atomic E-state index is 11.1. The van der Waals surface area contributed by atoms with Crippen molar-refractivity contribution in [3.8, 4) is 0 Å². The summed E-state index contributed by atoms with van der Waals surface area (Å²) < 4.78 is 0. The molecule has 1 aromatic carbocycles. The minimum absolute atomic E-state index is 0. The molecule has 1 saturated heterocycles. The van der Waals surface area contributed by atoms with Crippen LogP contribution in [0.5, 0.6) is 0 Å². The van der Waals surface area contributed by atoms with Gasteiger partial charge in [-0.05, 0) is 17.0 Å². The monoisotopic (exact) mass is 383 g/mol. The van der Waals surface area contributed by atoms with Gasteiger partial charge in [0.2, 0.25) is 0 Å². The first-order valence-electron chi connectivity index (χ1n) is 7.19. The van der Waals surface area contributed by atoms with Crippen molar-refractivity contribution in [1.29, 1.82) is 0 Å². The maximum Gasteiger partial charge on any atom is 0.269 e. The van der Waals surface area contributed by atoms with Gasteiger partial charge in [0.15, 0.2) is 0 Å². The molecule has 1 aliphatic rings. The largest absolute Gasteiger partial charge is 0.314 e. The summed E-state index contributed by atoms with van der Waals surface area (Å²) >= 11 is 6.36. The van der Waals surface area contributed by atoms with Gasteiger partial charge in [-0.15, -0.1) is 24.8 Å². The SMILES string of the molecule is CC(C)(C)[C@@H](c1cc([N+](=O)[O-])ccc1Cl)N1CCNCC1.Cl.Cl. The molecule has 0 aromatic heterocycles. The predicted molar refractivity (Wildman–Crippen MR) is 99.2 cm³/mol. The number of benzene rings is 1. The van der Waals surface area contributed by atoms with Gasteiger partial charge in [-0.3, -0.25) is 15.0 Å². The van der Waals surface area contributed by atoms with Crippen LogP contribution in [0.25, 0.3) is 0 Å². The second kappa shape index (κ2) is 9.04. The summed E-state index contributed by atoms with van der Waals surface area (Å²) in [7, 11) is 0. The Balaban J connectivity index is 0.00000242. The quantitative estimate of drug-likeness (QED) is 0.630. The van der Waals surface area contributed by atoms with E-state index in [0.29, 0.717) is 5.02 Å². The van der Waals surface area contributed by atoms with Crippen LogP contribution in [0.1, 0.15) is 32.4 Å². The van der Waals surface area contributed by atoms with E-state index < -0.39 is 0 Å². The van der Waals surface area contributed by atoms with Gasteiger partial charge in [0.25, 0.3) is 5.69 Å². The van der Waals surface area contributed by atoms with Crippen LogP contribution >= 0.6 is 36.4 Å². The second-order valence-corrected chi connectivity index (χ2v) is 6.92. The van der Waals surface area contributed by atoms with Crippen molar-refractivity contribution in [1.82, 2.24) is 10.2 Å². The fraction of sp³-hybridized carbons (Fsp3) is 0.600. The molecule has 1 aliphatic heterocycles. The summed E-state index contributed by atoms with van der Waals surface area (Å²) in [4.78, 5) is 13.1. The van der Waals surface area contributed by atoms with Gasteiger partial charge < -0.3 is 5.32 Å². The first-order chi connectivity index (χ1) is 9.80. The summed E-state index contributed by atoms with van der Waals surface area (Å²) in [6.07, 6.45) is 0. The summed E-state index contributed by atoms with van der Waals surface area (Å²) in [5.41, 5.74) is 0.884. The van der Waals surface area contributed by atoms with Crippen LogP contribution in [-0.4, -0.2) is 36.0 Å². The van der Waals surface area contributed by atoms with Crippen LogP contribution in [0.15, 0.2) is 18.2 Å². The minimum Gasteiger partial charge on any atom is -0.314 e. The third-order valence-electron chi connectivity index (χ3n) is 3.82. The first kappa shape index (κ1) is 22.4. The summed E-state index contributed by atoms with van der Waals surface area (Å²) in [6.45, 7) is 10.1. The van der Waals surface area contributed by atoms with Crippen molar-refractivity contribution in [2.45, 2.75) is 26.8 Å². The van der Waals surface area contributed by atoms with Gasteiger partial charge in [0, 0.05) is 49.4 Å². The van der Waals surface area contributed by atoms with Gasteiger partial charge in [0.05, 0.1) is 4.92 Å². The van der Waals surface area contributed by atoms with Gasteiger partial charge in [0.1, 0.15) is 0 Å². The number of nitrogens with one attached hydrogen (secondary N) is 1. The molecule has 0 bridgehead atoms. The van der Waals surface area contributed by atoms with E-state index in [-0.39, 0.29) is 46.9 Å². The third kappa shape index (κ3) is 5.47. The van der Waals surface area contributed by atoms with E-state index in [1.54, 1.807) is 12.1 Å². The standard InChI is InChI=1S/C15H22ClN3O2.2ClH/c1-15(2,3)14(18-8-6-17-7-9-18)12-10-11(19(20)21)4-5-13(12)16;;/h4-5,10,14,17H,6-9H2,1-3H3;2*1H/t14-;;/m1../s1. The van der Waals surface area contributed by atoms with E-state index in [1.807, 2.05) is 0 Å². The molecule has 0 aliphatic carbocycles. The molecule has 1 heterocycles. The number of piperazine rings is 1. The minimum atomic E-state index is -0.364. The smallest absolute Gasteiger partial charge is 0.269 e. The second-order valence-electron chi connectivity index (χ2n) is 6.52. The van der Waals surface area contributed by atoms with Crippen LogP contribution in [-0.2, 0) is 0 Å². The molecule has 1 atom stereocenters. The molecule has 1 aromatic rings. The lowest BCUT2D eigenvalue weighted by molar-refractivity contribution is -0.385. The van der Waals surface area contributed by atoms with Gasteiger partial charge >= 0.3 is 0 Å². The fourth-order valence-corrected chi connectivity index (χ4v) is 3.23. The van der Waals surface area contributed by atoms with Crippen LogP contribution in [0.2, 0.25) is 5.02 Å². The number of nitrogens with zero attached hydrogens (tertiary/aromatic N) is 2. The zero-order valence-corrected chi connectivity index (χ0v) is 15.9. The summed E-state index contributed by atoms with van der Waals surface area (Å²) in [5, 5.41) is 15.0. The Hall–Kier alpha value is -0.590. The highest BCUT2D eigenvalue weighted by Gasteiger charge is 2.34. The Bertz CT molecular complexity index is 529.